The molecule has 0 radical (unpaired) electrons. The molecule has 2 heterocycles. The molecule has 84 valence electrons. The second-order valence-corrected chi connectivity index (χ2v) is 4.30. The van der Waals surface area contributed by atoms with Gasteiger partial charge in [0.2, 0.25) is 0 Å². The third kappa shape index (κ3) is 2.58. The molecular weight excluding hydrogens is 220 g/mol. The van der Waals surface area contributed by atoms with E-state index in [0.29, 0.717) is 0 Å². The summed E-state index contributed by atoms with van der Waals surface area (Å²) in [4.78, 5) is 4.30. The van der Waals surface area contributed by atoms with Gasteiger partial charge in [-0.15, -0.1) is 11.8 Å². The summed E-state index contributed by atoms with van der Waals surface area (Å²) in [5.74, 6) is 0.925. The normalized spacial score (nSPS) is 12.4. The first-order valence-electron chi connectivity index (χ1n) is 5.09. The molecule has 0 fully saturated rings. The number of furan rings is 1. The minimum atomic E-state index is 0.150. The standard InChI is InChI=1S/C12H14N2OS/c1-9(11-4-3-7-15-11)14-10-5-6-12(16-2)13-8-10/h3-9,14H,1-2H3. The first kappa shape index (κ1) is 11.1. The van der Waals surface area contributed by atoms with E-state index in [4.69, 9.17) is 4.42 Å². The molecular formula is C12H14N2OS. The molecule has 0 amide bonds. The van der Waals surface area contributed by atoms with Crippen molar-refractivity contribution in [1.29, 1.82) is 0 Å². The van der Waals surface area contributed by atoms with Gasteiger partial charge < -0.3 is 9.73 Å². The molecule has 4 heteroatoms. The summed E-state index contributed by atoms with van der Waals surface area (Å²) in [7, 11) is 0. The van der Waals surface area contributed by atoms with Gasteiger partial charge in [0.25, 0.3) is 0 Å². The highest BCUT2D eigenvalue weighted by Gasteiger charge is 2.07. The molecule has 2 rings (SSSR count). The van der Waals surface area contributed by atoms with Crippen molar-refractivity contribution in [3.8, 4) is 0 Å². The van der Waals surface area contributed by atoms with Crippen LogP contribution in [0.1, 0.15) is 18.7 Å². The SMILES string of the molecule is CSc1ccc(NC(C)c2ccco2)cn1. The highest BCUT2D eigenvalue weighted by Crippen LogP contribution is 2.20. The van der Waals surface area contributed by atoms with Crippen molar-refractivity contribution in [1.82, 2.24) is 4.98 Å². The van der Waals surface area contributed by atoms with Crippen LogP contribution in [0.3, 0.4) is 0 Å². The Bertz CT molecular complexity index is 425. The topological polar surface area (TPSA) is 38.1 Å². The number of thioether (sulfide) groups is 1. The smallest absolute Gasteiger partial charge is 0.125 e. The van der Waals surface area contributed by atoms with Crippen molar-refractivity contribution in [3.05, 3.63) is 42.5 Å². The van der Waals surface area contributed by atoms with Gasteiger partial charge in [0.15, 0.2) is 0 Å². The Morgan fingerprint density at radius 2 is 2.25 bits per heavy atom. The molecule has 0 spiro atoms. The first-order valence-corrected chi connectivity index (χ1v) is 6.32. The van der Waals surface area contributed by atoms with Gasteiger partial charge >= 0.3 is 0 Å². The Morgan fingerprint density at radius 1 is 1.38 bits per heavy atom. The molecule has 2 aromatic rings. The van der Waals surface area contributed by atoms with Crippen LogP contribution in [-0.4, -0.2) is 11.2 Å². The van der Waals surface area contributed by atoms with E-state index in [9.17, 15) is 0 Å². The van der Waals surface area contributed by atoms with Crippen molar-refractivity contribution in [2.45, 2.75) is 18.0 Å². The highest BCUT2D eigenvalue weighted by atomic mass is 32.2. The number of anilines is 1. The number of rotatable bonds is 4. The lowest BCUT2D eigenvalue weighted by Gasteiger charge is -2.12. The largest absolute Gasteiger partial charge is 0.467 e. The summed E-state index contributed by atoms with van der Waals surface area (Å²) in [5, 5.41) is 4.35. The third-order valence-corrected chi connectivity index (χ3v) is 2.96. The molecule has 0 aromatic carbocycles. The number of pyridine rings is 1. The third-order valence-electron chi connectivity index (χ3n) is 2.30. The molecule has 0 saturated carbocycles. The summed E-state index contributed by atoms with van der Waals surface area (Å²) in [6.45, 7) is 2.06. The number of nitrogens with one attached hydrogen (secondary N) is 1. The predicted octanol–water partition coefficient (Wildman–Crippen LogP) is 3.57. The molecule has 1 N–H and O–H groups in total. The molecule has 3 nitrogen and oxygen atoms in total. The average molecular weight is 234 g/mol. The number of hydrogen-bond acceptors (Lipinski definition) is 4. The lowest BCUT2D eigenvalue weighted by Crippen LogP contribution is -2.05. The number of nitrogens with zero attached hydrogens (tertiary/aromatic N) is 1. The summed E-state index contributed by atoms with van der Waals surface area (Å²) in [5.41, 5.74) is 1.00. The van der Waals surface area contributed by atoms with Crippen LogP contribution in [0.2, 0.25) is 0 Å². The van der Waals surface area contributed by atoms with Crippen LogP contribution in [0.15, 0.2) is 46.2 Å². The van der Waals surface area contributed by atoms with Crippen LogP contribution in [0.4, 0.5) is 5.69 Å². The van der Waals surface area contributed by atoms with Gasteiger partial charge in [-0.1, -0.05) is 0 Å². The Labute approximate surface area is 99.3 Å². The molecule has 2 aromatic heterocycles. The fraction of sp³-hybridized carbons (Fsp3) is 0.250. The van der Waals surface area contributed by atoms with Crippen LogP contribution in [-0.2, 0) is 0 Å². The van der Waals surface area contributed by atoms with Gasteiger partial charge in [-0.3, -0.25) is 0 Å². The summed E-state index contributed by atoms with van der Waals surface area (Å²) in [6, 6.07) is 8.03. The molecule has 0 saturated heterocycles. The van der Waals surface area contributed by atoms with E-state index in [0.717, 1.165) is 16.5 Å². The fourth-order valence-electron chi connectivity index (χ4n) is 1.45. The van der Waals surface area contributed by atoms with Gasteiger partial charge in [0, 0.05) is 0 Å². The van der Waals surface area contributed by atoms with E-state index in [1.54, 1.807) is 18.0 Å². The lowest BCUT2D eigenvalue weighted by molar-refractivity contribution is 0.490. The summed E-state index contributed by atoms with van der Waals surface area (Å²) < 4.78 is 5.33. The molecule has 1 atom stereocenters. The lowest BCUT2D eigenvalue weighted by atomic mass is 10.2. The van der Waals surface area contributed by atoms with E-state index in [-0.39, 0.29) is 6.04 Å². The average Bonchev–Trinajstić information content (AvgIpc) is 2.83. The zero-order valence-electron chi connectivity index (χ0n) is 9.31. The molecule has 0 aliphatic heterocycles. The van der Waals surface area contributed by atoms with Crippen molar-refractivity contribution in [2.24, 2.45) is 0 Å². The Kier molecular flexibility index (Phi) is 3.51. The van der Waals surface area contributed by atoms with Crippen molar-refractivity contribution in [3.63, 3.8) is 0 Å². The van der Waals surface area contributed by atoms with Crippen molar-refractivity contribution in [2.75, 3.05) is 11.6 Å². The molecule has 1 unspecified atom stereocenters. The van der Waals surface area contributed by atoms with Crippen molar-refractivity contribution >= 4 is 17.4 Å². The van der Waals surface area contributed by atoms with Crippen molar-refractivity contribution < 1.29 is 4.42 Å². The van der Waals surface area contributed by atoms with Gasteiger partial charge in [-0.25, -0.2) is 4.98 Å². The quantitative estimate of drug-likeness (QED) is 0.821. The van der Waals surface area contributed by atoms with E-state index in [1.807, 2.05) is 36.7 Å². The van der Waals surface area contributed by atoms with Crippen LogP contribution >= 0.6 is 11.8 Å². The van der Waals surface area contributed by atoms with E-state index in [1.165, 1.54) is 0 Å². The van der Waals surface area contributed by atoms with Crippen LogP contribution in [0, 0.1) is 0 Å². The Morgan fingerprint density at radius 3 is 2.81 bits per heavy atom. The van der Waals surface area contributed by atoms with Gasteiger partial charge in [-0.05, 0) is 37.4 Å². The van der Waals surface area contributed by atoms with Gasteiger partial charge in [-0.2, -0.15) is 0 Å². The minimum absolute atomic E-state index is 0.150. The second-order valence-electron chi connectivity index (χ2n) is 3.47. The Hall–Kier alpha value is -1.42. The van der Waals surface area contributed by atoms with Crippen LogP contribution in [0.25, 0.3) is 0 Å². The molecule has 16 heavy (non-hydrogen) atoms. The maximum absolute atomic E-state index is 5.33. The summed E-state index contributed by atoms with van der Waals surface area (Å²) >= 11 is 1.64. The van der Waals surface area contributed by atoms with E-state index >= 15 is 0 Å². The summed E-state index contributed by atoms with van der Waals surface area (Å²) in [6.07, 6.45) is 5.54. The minimum Gasteiger partial charge on any atom is -0.467 e. The van der Waals surface area contributed by atoms with Crippen LogP contribution < -0.4 is 5.32 Å². The van der Waals surface area contributed by atoms with E-state index < -0.39 is 0 Å². The zero-order valence-corrected chi connectivity index (χ0v) is 10.1. The second kappa shape index (κ2) is 5.07. The zero-order chi connectivity index (χ0) is 11.4. The monoisotopic (exact) mass is 234 g/mol. The van der Waals surface area contributed by atoms with Gasteiger partial charge in [0.05, 0.1) is 29.2 Å². The molecule has 0 aliphatic carbocycles. The maximum atomic E-state index is 5.33. The van der Waals surface area contributed by atoms with E-state index in [2.05, 4.69) is 17.2 Å². The highest BCUT2D eigenvalue weighted by molar-refractivity contribution is 7.98. The molecule has 0 bridgehead atoms. The first-order chi connectivity index (χ1) is 7.79. The maximum Gasteiger partial charge on any atom is 0.125 e. The van der Waals surface area contributed by atoms with Gasteiger partial charge in [0.1, 0.15) is 5.76 Å². The van der Waals surface area contributed by atoms with Crippen LogP contribution in [0.5, 0.6) is 0 Å². The fourth-order valence-corrected chi connectivity index (χ4v) is 1.81. The predicted molar refractivity (Wildman–Crippen MR) is 66.8 cm³/mol. The Balaban J connectivity index is 2.03. The number of hydrogen-bond donors (Lipinski definition) is 1. The molecule has 0 aliphatic rings. The number of aromatic nitrogens is 1.